The molecule has 0 saturated heterocycles. The van der Waals surface area contributed by atoms with Crippen LogP contribution in [0.2, 0.25) is 0 Å². The number of nitrogens with two attached hydrogens (primary N) is 1. The molecule has 0 fully saturated rings. The Kier molecular flexibility index (Phi) is 14.8. The Balaban J connectivity index is 1.95. The molecule has 2 aromatic carbocycles. The quantitative estimate of drug-likeness (QED) is 0.132. The highest BCUT2D eigenvalue weighted by Crippen LogP contribution is 2.11. The number of hydrogen-bond donors (Lipinski definition) is 7. The van der Waals surface area contributed by atoms with E-state index in [1.807, 2.05) is 36.6 Å². The molecule has 0 spiro atoms. The Morgan fingerprint density at radius 2 is 1.52 bits per heavy atom. The molecule has 4 atom stereocenters. The summed E-state index contributed by atoms with van der Waals surface area (Å²) in [7, 11) is 1.69. The topological polar surface area (TPSA) is 175 Å². The van der Waals surface area contributed by atoms with E-state index in [2.05, 4.69) is 26.6 Å². The van der Waals surface area contributed by atoms with E-state index in [1.54, 1.807) is 30.9 Å². The number of aromatic hydroxyl groups is 1. The molecule has 0 heterocycles. The number of phenols is 1. The standard InChI is InChI=1S/C29H40N6O5S2/c1-18(33-27(39)22(30)15-20-9-11-21(36)12-10-20)26(38)32-17-25(37)34-24(16-19-7-5-4-6-8-19)28(40)35-23(13-14-42-3)29(41)31-2/h4-12,18,22-24,36H,13-17,30H2,1-3H3,(H,31,41)(H,32,38)(H,33,39)(H,34,37)(H,35,40)/t18-,22+,23+,24+/m1/s1. The van der Waals surface area contributed by atoms with Crippen LogP contribution < -0.4 is 32.3 Å². The van der Waals surface area contributed by atoms with Gasteiger partial charge >= 0.3 is 0 Å². The summed E-state index contributed by atoms with van der Waals surface area (Å²) in [6.07, 6.45) is 3.04. The number of thioether (sulfide) groups is 1. The van der Waals surface area contributed by atoms with Gasteiger partial charge in [-0.25, -0.2) is 0 Å². The maximum Gasteiger partial charge on any atom is 0.243 e. The summed E-state index contributed by atoms with van der Waals surface area (Å²) in [6, 6.07) is 12.4. The summed E-state index contributed by atoms with van der Waals surface area (Å²) in [5, 5.41) is 23.0. The fraction of sp³-hybridized carbons (Fsp3) is 0.414. The number of thiocarbonyl (C=S) groups is 1. The van der Waals surface area contributed by atoms with Crippen molar-refractivity contribution in [2.24, 2.45) is 5.73 Å². The van der Waals surface area contributed by atoms with E-state index >= 15 is 0 Å². The third-order valence-corrected chi connectivity index (χ3v) is 7.46. The van der Waals surface area contributed by atoms with E-state index in [1.165, 1.54) is 19.1 Å². The number of carbonyl (C=O) groups is 4. The number of likely N-dealkylation sites (N-methyl/N-ethyl adjacent to an activating group) is 1. The van der Waals surface area contributed by atoms with Gasteiger partial charge in [0.1, 0.15) is 17.8 Å². The normalized spacial score (nSPS) is 13.5. The van der Waals surface area contributed by atoms with Crippen LogP contribution in [0.4, 0.5) is 0 Å². The Morgan fingerprint density at radius 1 is 0.881 bits per heavy atom. The fourth-order valence-corrected chi connectivity index (χ4v) is 4.59. The third kappa shape index (κ3) is 12.0. The Morgan fingerprint density at radius 3 is 2.14 bits per heavy atom. The van der Waals surface area contributed by atoms with Crippen LogP contribution in [0.25, 0.3) is 0 Å². The highest BCUT2D eigenvalue weighted by atomic mass is 32.2. The lowest BCUT2D eigenvalue weighted by Gasteiger charge is -2.24. The van der Waals surface area contributed by atoms with Crippen molar-refractivity contribution in [2.75, 3.05) is 25.6 Å². The summed E-state index contributed by atoms with van der Waals surface area (Å²) >= 11 is 7.01. The Labute approximate surface area is 256 Å². The van der Waals surface area contributed by atoms with Gasteiger partial charge in [0.2, 0.25) is 23.6 Å². The first-order valence-corrected chi connectivity index (χ1v) is 15.3. The predicted octanol–water partition coefficient (Wildman–Crippen LogP) is 0.395. The number of amides is 4. The molecular formula is C29H40N6O5S2. The van der Waals surface area contributed by atoms with Gasteiger partial charge in [-0.3, -0.25) is 19.2 Å². The maximum atomic E-state index is 13.3. The van der Waals surface area contributed by atoms with Crippen LogP contribution in [-0.2, 0) is 32.0 Å². The summed E-state index contributed by atoms with van der Waals surface area (Å²) in [6.45, 7) is 1.07. The van der Waals surface area contributed by atoms with Gasteiger partial charge in [0.15, 0.2) is 0 Å². The van der Waals surface area contributed by atoms with Gasteiger partial charge in [0, 0.05) is 13.5 Å². The lowest BCUT2D eigenvalue weighted by Crippen LogP contribution is -2.56. The maximum absolute atomic E-state index is 13.3. The molecule has 13 heteroatoms. The van der Waals surface area contributed by atoms with Crippen molar-refractivity contribution >= 4 is 52.6 Å². The zero-order valence-electron chi connectivity index (χ0n) is 24.0. The van der Waals surface area contributed by atoms with Gasteiger partial charge in [0.25, 0.3) is 0 Å². The van der Waals surface area contributed by atoms with Gasteiger partial charge in [0.05, 0.1) is 23.6 Å². The highest BCUT2D eigenvalue weighted by molar-refractivity contribution is 7.98. The van der Waals surface area contributed by atoms with Crippen LogP contribution in [0, 0.1) is 0 Å². The van der Waals surface area contributed by atoms with Gasteiger partial charge in [-0.2, -0.15) is 11.8 Å². The van der Waals surface area contributed by atoms with Crippen molar-refractivity contribution in [1.29, 1.82) is 0 Å². The van der Waals surface area contributed by atoms with Crippen LogP contribution in [0.3, 0.4) is 0 Å². The molecule has 0 unspecified atom stereocenters. The molecule has 0 bridgehead atoms. The minimum Gasteiger partial charge on any atom is -0.508 e. The minimum atomic E-state index is -0.959. The lowest BCUT2D eigenvalue weighted by molar-refractivity contribution is -0.131. The average Bonchev–Trinajstić information content (AvgIpc) is 2.98. The van der Waals surface area contributed by atoms with Crippen molar-refractivity contribution in [3.63, 3.8) is 0 Å². The largest absolute Gasteiger partial charge is 0.508 e. The molecule has 0 saturated carbocycles. The molecule has 42 heavy (non-hydrogen) atoms. The second kappa shape index (κ2) is 18.0. The van der Waals surface area contributed by atoms with Crippen LogP contribution in [0.15, 0.2) is 54.6 Å². The zero-order chi connectivity index (χ0) is 31.1. The number of hydrogen-bond acceptors (Lipinski definition) is 8. The lowest BCUT2D eigenvalue weighted by atomic mass is 10.0. The van der Waals surface area contributed by atoms with Crippen molar-refractivity contribution in [3.05, 3.63) is 65.7 Å². The smallest absolute Gasteiger partial charge is 0.243 e. The van der Waals surface area contributed by atoms with Crippen molar-refractivity contribution in [3.8, 4) is 5.75 Å². The van der Waals surface area contributed by atoms with Crippen LogP contribution in [0.1, 0.15) is 24.5 Å². The number of nitrogens with one attached hydrogen (secondary N) is 5. The van der Waals surface area contributed by atoms with E-state index in [9.17, 15) is 24.3 Å². The second-order valence-electron chi connectivity index (χ2n) is 9.69. The predicted molar refractivity (Wildman–Crippen MR) is 169 cm³/mol. The van der Waals surface area contributed by atoms with Crippen molar-refractivity contribution < 1.29 is 24.3 Å². The molecule has 0 aliphatic rings. The van der Waals surface area contributed by atoms with Crippen LogP contribution >= 0.6 is 24.0 Å². The molecule has 0 aliphatic carbocycles. The Bertz CT molecular complexity index is 1200. The fourth-order valence-electron chi connectivity index (χ4n) is 3.94. The van der Waals surface area contributed by atoms with E-state index < -0.39 is 54.3 Å². The van der Waals surface area contributed by atoms with Gasteiger partial charge in [-0.1, -0.05) is 54.7 Å². The van der Waals surface area contributed by atoms with Gasteiger partial charge < -0.3 is 37.4 Å². The second-order valence-corrected chi connectivity index (χ2v) is 11.1. The number of benzene rings is 2. The molecule has 228 valence electrons. The number of rotatable bonds is 16. The molecule has 2 rings (SSSR count). The van der Waals surface area contributed by atoms with Crippen molar-refractivity contribution in [2.45, 2.75) is 50.4 Å². The van der Waals surface area contributed by atoms with E-state index in [0.717, 1.165) is 16.9 Å². The molecule has 2 aromatic rings. The molecule has 8 N–H and O–H groups in total. The average molecular weight is 617 g/mol. The molecule has 4 amide bonds. The van der Waals surface area contributed by atoms with E-state index in [0.29, 0.717) is 11.4 Å². The molecule has 0 radical (unpaired) electrons. The minimum absolute atomic E-state index is 0.103. The SMILES string of the molecule is CNC(=S)[C@H](CCSC)NC(=O)[C@H](Cc1ccccc1)NC(=O)CNC(=O)[C@@H](C)NC(=O)[C@@H](N)Cc1ccc(O)cc1. The summed E-state index contributed by atoms with van der Waals surface area (Å²) < 4.78 is 0. The number of carbonyl (C=O) groups excluding carboxylic acids is 4. The van der Waals surface area contributed by atoms with Gasteiger partial charge in [-0.15, -0.1) is 0 Å². The molecule has 0 aliphatic heterocycles. The molecular weight excluding hydrogens is 576 g/mol. The first-order valence-electron chi connectivity index (χ1n) is 13.5. The Hall–Kier alpha value is -3.68. The third-order valence-electron chi connectivity index (χ3n) is 6.33. The van der Waals surface area contributed by atoms with Crippen LogP contribution in [0.5, 0.6) is 5.75 Å². The first kappa shape index (κ1) is 34.5. The van der Waals surface area contributed by atoms with Crippen molar-refractivity contribution in [1.82, 2.24) is 26.6 Å². The molecule has 11 nitrogen and oxygen atoms in total. The molecule has 0 aromatic heterocycles. The summed E-state index contributed by atoms with van der Waals surface area (Å²) in [4.78, 5) is 51.6. The summed E-state index contributed by atoms with van der Waals surface area (Å²) in [5.41, 5.74) is 7.57. The highest BCUT2D eigenvalue weighted by Gasteiger charge is 2.26. The van der Waals surface area contributed by atoms with E-state index in [4.69, 9.17) is 18.0 Å². The zero-order valence-corrected chi connectivity index (χ0v) is 25.6. The van der Waals surface area contributed by atoms with Crippen LogP contribution in [-0.4, -0.2) is 83.5 Å². The monoisotopic (exact) mass is 616 g/mol. The number of phenolic OH excluding ortho intramolecular Hbond substituents is 1. The summed E-state index contributed by atoms with van der Waals surface area (Å²) in [5.74, 6) is -1.21. The van der Waals surface area contributed by atoms with E-state index in [-0.39, 0.29) is 18.6 Å². The first-order chi connectivity index (χ1) is 20.0. The van der Waals surface area contributed by atoms with Gasteiger partial charge in [-0.05, 0) is 55.0 Å².